The van der Waals surface area contributed by atoms with Gasteiger partial charge in [-0.05, 0) is 12.1 Å². The first-order chi connectivity index (χ1) is 9.20. The van der Waals surface area contributed by atoms with Crippen LogP contribution in [0.2, 0.25) is 5.02 Å². The summed E-state index contributed by atoms with van der Waals surface area (Å²) in [5.74, 6) is 0.245. The average Bonchev–Trinajstić information content (AvgIpc) is 2.76. The maximum absolute atomic E-state index is 12.2. The zero-order valence-corrected chi connectivity index (χ0v) is 13.0. The van der Waals surface area contributed by atoms with Crippen LogP contribution in [0.15, 0.2) is 35.2 Å². The van der Waals surface area contributed by atoms with Gasteiger partial charge in [-0.3, -0.25) is 9.82 Å². The number of hydrogen-bond donors (Lipinski definition) is 2. The van der Waals surface area contributed by atoms with E-state index >= 15 is 0 Å². The lowest BCUT2D eigenvalue weighted by Crippen LogP contribution is -2.14. The largest absolute Gasteiger partial charge is 0.280 e. The SMILES string of the molecule is CC(C)(C)c1cc(NS(=O)(=O)c2ccccc2Cl)n[nH]1. The Kier molecular flexibility index (Phi) is 3.80. The van der Waals surface area contributed by atoms with Crippen molar-refractivity contribution in [1.82, 2.24) is 10.2 Å². The van der Waals surface area contributed by atoms with Crippen LogP contribution in [0.4, 0.5) is 5.82 Å². The van der Waals surface area contributed by atoms with Gasteiger partial charge in [-0.25, -0.2) is 8.42 Å². The first-order valence-electron chi connectivity index (χ1n) is 6.03. The first-order valence-corrected chi connectivity index (χ1v) is 7.89. The summed E-state index contributed by atoms with van der Waals surface area (Å²) in [4.78, 5) is 0.0296. The van der Waals surface area contributed by atoms with Crippen molar-refractivity contribution in [2.24, 2.45) is 0 Å². The van der Waals surface area contributed by atoms with Crippen molar-refractivity contribution >= 4 is 27.4 Å². The Bertz CT molecular complexity index is 717. The molecular formula is C13H16ClN3O2S. The standard InChI is InChI=1S/C13H16ClN3O2S/c1-13(2,3)11-8-12(16-15-11)17-20(18,19)10-7-5-4-6-9(10)14/h4-8H,1-3H3,(H2,15,16,17). The molecule has 0 saturated heterocycles. The molecule has 20 heavy (non-hydrogen) atoms. The van der Waals surface area contributed by atoms with E-state index in [9.17, 15) is 8.42 Å². The Morgan fingerprint density at radius 3 is 2.45 bits per heavy atom. The molecule has 1 aromatic carbocycles. The van der Waals surface area contributed by atoms with Crippen molar-refractivity contribution in [1.29, 1.82) is 0 Å². The zero-order valence-electron chi connectivity index (χ0n) is 11.4. The Morgan fingerprint density at radius 1 is 1.25 bits per heavy atom. The number of hydrogen-bond acceptors (Lipinski definition) is 3. The lowest BCUT2D eigenvalue weighted by molar-refractivity contribution is 0.567. The lowest BCUT2D eigenvalue weighted by Gasteiger charge is -2.14. The molecule has 108 valence electrons. The molecule has 2 rings (SSSR count). The lowest BCUT2D eigenvalue weighted by atomic mass is 9.92. The summed E-state index contributed by atoms with van der Waals surface area (Å²) >= 11 is 5.91. The Hall–Kier alpha value is -1.53. The molecule has 1 aromatic heterocycles. The van der Waals surface area contributed by atoms with Crippen molar-refractivity contribution in [3.63, 3.8) is 0 Å². The third-order valence-corrected chi connectivity index (χ3v) is 4.61. The molecule has 2 aromatic rings. The van der Waals surface area contributed by atoms with Crippen LogP contribution in [0.3, 0.4) is 0 Å². The van der Waals surface area contributed by atoms with Gasteiger partial charge in [0.2, 0.25) is 0 Å². The second-order valence-electron chi connectivity index (χ2n) is 5.45. The maximum atomic E-state index is 12.2. The Morgan fingerprint density at radius 2 is 1.90 bits per heavy atom. The van der Waals surface area contributed by atoms with Crippen molar-refractivity contribution < 1.29 is 8.42 Å². The Labute approximate surface area is 123 Å². The highest BCUT2D eigenvalue weighted by Crippen LogP contribution is 2.25. The Balaban J connectivity index is 2.30. The summed E-state index contributed by atoms with van der Waals surface area (Å²) in [6.45, 7) is 6.02. The fourth-order valence-corrected chi connectivity index (χ4v) is 3.13. The molecule has 0 bridgehead atoms. The van der Waals surface area contributed by atoms with E-state index in [4.69, 9.17) is 11.6 Å². The van der Waals surface area contributed by atoms with Crippen LogP contribution >= 0.6 is 11.6 Å². The number of rotatable bonds is 3. The van der Waals surface area contributed by atoms with Crippen LogP contribution in [0, 0.1) is 0 Å². The van der Waals surface area contributed by atoms with Gasteiger partial charge in [0.25, 0.3) is 10.0 Å². The molecule has 0 aliphatic heterocycles. The van der Waals surface area contributed by atoms with Gasteiger partial charge in [-0.1, -0.05) is 44.5 Å². The molecule has 5 nitrogen and oxygen atoms in total. The molecule has 0 aliphatic carbocycles. The van der Waals surface area contributed by atoms with Crippen molar-refractivity contribution in [2.45, 2.75) is 31.1 Å². The van der Waals surface area contributed by atoms with Crippen LogP contribution < -0.4 is 4.72 Å². The number of halogens is 1. The van der Waals surface area contributed by atoms with Crippen LogP contribution in [0.1, 0.15) is 26.5 Å². The minimum Gasteiger partial charge on any atom is -0.280 e. The molecule has 0 aliphatic rings. The predicted octanol–water partition coefficient (Wildman–Crippen LogP) is 3.16. The van der Waals surface area contributed by atoms with Gasteiger partial charge >= 0.3 is 0 Å². The fraction of sp³-hybridized carbons (Fsp3) is 0.308. The van der Waals surface area contributed by atoms with E-state index in [1.807, 2.05) is 20.8 Å². The predicted molar refractivity (Wildman–Crippen MR) is 79.5 cm³/mol. The highest BCUT2D eigenvalue weighted by Gasteiger charge is 2.21. The van der Waals surface area contributed by atoms with Gasteiger partial charge in [0.1, 0.15) is 4.90 Å². The van der Waals surface area contributed by atoms with Crippen LogP contribution in [0.5, 0.6) is 0 Å². The average molecular weight is 314 g/mol. The molecule has 2 N–H and O–H groups in total. The minimum absolute atomic E-state index is 0.0296. The van der Waals surface area contributed by atoms with E-state index in [1.54, 1.807) is 18.2 Å². The second-order valence-corrected chi connectivity index (χ2v) is 7.51. The third kappa shape index (κ3) is 3.13. The van der Waals surface area contributed by atoms with Crippen molar-refractivity contribution in [2.75, 3.05) is 4.72 Å². The molecule has 0 spiro atoms. The van der Waals surface area contributed by atoms with Gasteiger partial charge in [-0.15, -0.1) is 0 Å². The quantitative estimate of drug-likeness (QED) is 0.914. The maximum Gasteiger partial charge on any atom is 0.264 e. The topological polar surface area (TPSA) is 74.8 Å². The van der Waals surface area contributed by atoms with Gasteiger partial charge in [0.05, 0.1) is 5.02 Å². The number of H-pyrrole nitrogens is 1. The highest BCUT2D eigenvalue weighted by atomic mass is 35.5. The summed E-state index contributed by atoms with van der Waals surface area (Å²) in [6, 6.07) is 7.94. The smallest absolute Gasteiger partial charge is 0.264 e. The van der Waals surface area contributed by atoms with Crippen molar-refractivity contribution in [3.05, 3.63) is 41.0 Å². The van der Waals surface area contributed by atoms with E-state index in [2.05, 4.69) is 14.9 Å². The van der Waals surface area contributed by atoms with E-state index in [0.29, 0.717) is 0 Å². The van der Waals surface area contributed by atoms with Crippen molar-refractivity contribution in [3.8, 4) is 0 Å². The second kappa shape index (κ2) is 5.10. The minimum atomic E-state index is -3.74. The van der Waals surface area contributed by atoms with Crippen LogP contribution in [-0.4, -0.2) is 18.6 Å². The molecule has 7 heteroatoms. The summed E-state index contributed by atoms with van der Waals surface area (Å²) < 4.78 is 26.9. The monoisotopic (exact) mass is 313 g/mol. The summed E-state index contributed by atoms with van der Waals surface area (Å²) in [5, 5.41) is 6.96. The van der Waals surface area contributed by atoms with Gasteiger partial charge in [-0.2, -0.15) is 5.10 Å². The molecule has 0 unspecified atom stereocenters. The van der Waals surface area contributed by atoms with Gasteiger partial charge in [0, 0.05) is 17.2 Å². The number of sulfonamides is 1. The normalized spacial score (nSPS) is 12.4. The zero-order chi connectivity index (χ0) is 15.0. The summed E-state index contributed by atoms with van der Waals surface area (Å²) in [5.41, 5.74) is 0.704. The van der Waals surface area contributed by atoms with E-state index in [-0.39, 0.29) is 21.2 Å². The molecule has 0 saturated carbocycles. The molecule has 0 atom stereocenters. The molecule has 0 radical (unpaired) electrons. The highest BCUT2D eigenvalue weighted by molar-refractivity contribution is 7.92. The molecule has 0 amide bonds. The summed E-state index contributed by atoms with van der Waals surface area (Å²) in [6.07, 6.45) is 0. The number of benzene rings is 1. The van der Waals surface area contributed by atoms with E-state index in [0.717, 1.165) is 5.69 Å². The molecule has 0 fully saturated rings. The number of aromatic nitrogens is 2. The number of aromatic amines is 1. The van der Waals surface area contributed by atoms with E-state index < -0.39 is 10.0 Å². The molecular weight excluding hydrogens is 298 g/mol. The van der Waals surface area contributed by atoms with Gasteiger partial charge < -0.3 is 0 Å². The third-order valence-electron chi connectivity index (χ3n) is 2.75. The van der Waals surface area contributed by atoms with Crippen LogP contribution in [-0.2, 0) is 15.4 Å². The molecule has 1 heterocycles. The fourth-order valence-electron chi connectivity index (χ4n) is 1.61. The number of anilines is 1. The van der Waals surface area contributed by atoms with Crippen LogP contribution in [0.25, 0.3) is 0 Å². The first kappa shape index (κ1) is 14.9. The summed E-state index contributed by atoms with van der Waals surface area (Å²) in [7, 11) is -3.74. The van der Waals surface area contributed by atoms with Gasteiger partial charge in [0.15, 0.2) is 5.82 Å². The van der Waals surface area contributed by atoms with E-state index in [1.165, 1.54) is 12.1 Å². The number of nitrogens with one attached hydrogen (secondary N) is 2. The number of nitrogens with zero attached hydrogens (tertiary/aromatic N) is 1.